The van der Waals surface area contributed by atoms with Crippen molar-refractivity contribution in [1.29, 1.82) is 0 Å². The summed E-state index contributed by atoms with van der Waals surface area (Å²) in [5, 5.41) is 10.4. The highest BCUT2D eigenvalue weighted by Gasteiger charge is 2.08. The average Bonchev–Trinajstić information content (AvgIpc) is 2.08. The number of rotatable bonds is 3. The van der Waals surface area contributed by atoms with E-state index in [0.717, 1.165) is 0 Å². The molecule has 0 spiro atoms. The molecule has 0 aromatic carbocycles. The predicted molar refractivity (Wildman–Crippen MR) is 49.3 cm³/mol. The molecule has 1 unspecified atom stereocenters. The van der Waals surface area contributed by atoms with Gasteiger partial charge in [-0.3, -0.25) is 4.79 Å². The van der Waals surface area contributed by atoms with Crippen LogP contribution < -0.4 is 11.1 Å². The summed E-state index contributed by atoms with van der Waals surface area (Å²) in [7, 11) is 0. The standard InChI is InChI=1S/C7H9ClN4O/c1-4(7(9)13)10-6-3-2-5(8)11-12-6/h2-4H,1H3,(H2,9,13)(H,10,12). The molecule has 6 heteroatoms. The molecule has 1 rings (SSSR count). The van der Waals surface area contributed by atoms with Crippen LogP contribution in [-0.2, 0) is 4.79 Å². The van der Waals surface area contributed by atoms with Crippen molar-refractivity contribution in [2.75, 3.05) is 5.32 Å². The molecule has 0 radical (unpaired) electrons. The number of anilines is 1. The summed E-state index contributed by atoms with van der Waals surface area (Å²) in [6.45, 7) is 1.64. The summed E-state index contributed by atoms with van der Waals surface area (Å²) in [6.07, 6.45) is 0. The molecule has 0 fully saturated rings. The lowest BCUT2D eigenvalue weighted by Gasteiger charge is -2.09. The van der Waals surface area contributed by atoms with Crippen molar-refractivity contribution in [3.05, 3.63) is 17.3 Å². The molecule has 0 aliphatic carbocycles. The third kappa shape index (κ3) is 2.87. The molecule has 1 aromatic heterocycles. The van der Waals surface area contributed by atoms with Crippen LogP contribution >= 0.6 is 11.6 Å². The fraction of sp³-hybridized carbons (Fsp3) is 0.286. The zero-order chi connectivity index (χ0) is 9.84. The van der Waals surface area contributed by atoms with Gasteiger partial charge >= 0.3 is 0 Å². The lowest BCUT2D eigenvalue weighted by Crippen LogP contribution is -2.32. The zero-order valence-electron chi connectivity index (χ0n) is 6.99. The average molecular weight is 201 g/mol. The van der Waals surface area contributed by atoms with Crippen molar-refractivity contribution in [3.8, 4) is 0 Å². The summed E-state index contributed by atoms with van der Waals surface area (Å²) in [5.41, 5.74) is 5.04. The van der Waals surface area contributed by atoms with Gasteiger partial charge in [0.2, 0.25) is 5.91 Å². The number of amides is 1. The van der Waals surface area contributed by atoms with Gasteiger partial charge in [-0.25, -0.2) is 0 Å². The molecule has 1 aromatic rings. The lowest BCUT2D eigenvalue weighted by molar-refractivity contribution is -0.118. The van der Waals surface area contributed by atoms with E-state index >= 15 is 0 Å². The number of hydrogen-bond donors (Lipinski definition) is 2. The molecular weight excluding hydrogens is 192 g/mol. The molecule has 1 atom stereocenters. The second-order valence-electron chi connectivity index (χ2n) is 2.51. The Balaban J connectivity index is 2.64. The maximum absolute atomic E-state index is 10.7. The normalized spacial score (nSPS) is 12.2. The number of carbonyl (C=O) groups is 1. The third-order valence-corrected chi connectivity index (χ3v) is 1.62. The minimum Gasteiger partial charge on any atom is -0.368 e. The number of nitrogens with one attached hydrogen (secondary N) is 1. The topological polar surface area (TPSA) is 80.9 Å². The van der Waals surface area contributed by atoms with E-state index in [1.807, 2.05) is 0 Å². The Bertz CT molecular complexity index is 300. The predicted octanol–water partition coefficient (Wildman–Crippen LogP) is 0.416. The van der Waals surface area contributed by atoms with Gasteiger partial charge in [-0.1, -0.05) is 11.6 Å². The van der Waals surface area contributed by atoms with Crippen LogP contribution in [0.15, 0.2) is 12.1 Å². The number of aromatic nitrogens is 2. The van der Waals surface area contributed by atoms with Gasteiger partial charge in [-0.05, 0) is 19.1 Å². The van der Waals surface area contributed by atoms with Crippen LogP contribution in [0.1, 0.15) is 6.92 Å². The van der Waals surface area contributed by atoms with Crippen molar-refractivity contribution in [1.82, 2.24) is 10.2 Å². The smallest absolute Gasteiger partial charge is 0.239 e. The first-order valence-corrected chi connectivity index (χ1v) is 4.02. The quantitative estimate of drug-likeness (QED) is 0.741. The molecular formula is C7H9ClN4O. The van der Waals surface area contributed by atoms with Gasteiger partial charge in [0.05, 0.1) is 0 Å². The Hall–Kier alpha value is -1.36. The van der Waals surface area contributed by atoms with Crippen LogP contribution in [0.4, 0.5) is 5.82 Å². The van der Waals surface area contributed by atoms with Crippen LogP contribution in [0.5, 0.6) is 0 Å². The maximum atomic E-state index is 10.7. The van der Waals surface area contributed by atoms with Gasteiger partial charge in [0.15, 0.2) is 5.15 Å². The Morgan fingerprint density at radius 3 is 2.77 bits per heavy atom. The van der Waals surface area contributed by atoms with E-state index in [0.29, 0.717) is 11.0 Å². The Morgan fingerprint density at radius 1 is 1.62 bits per heavy atom. The second-order valence-corrected chi connectivity index (χ2v) is 2.90. The highest BCUT2D eigenvalue weighted by atomic mass is 35.5. The first-order valence-electron chi connectivity index (χ1n) is 3.64. The van der Waals surface area contributed by atoms with Crippen LogP contribution in [0.2, 0.25) is 5.15 Å². The fourth-order valence-corrected chi connectivity index (χ4v) is 0.787. The van der Waals surface area contributed by atoms with Crippen LogP contribution in [0.25, 0.3) is 0 Å². The molecule has 0 bridgehead atoms. The molecule has 0 aliphatic rings. The number of halogens is 1. The van der Waals surface area contributed by atoms with Gasteiger partial charge in [-0.15, -0.1) is 10.2 Å². The van der Waals surface area contributed by atoms with Crippen LogP contribution in [0.3, 0.4) is 0 Å². The first-order chi connectivity index (χ1) is 6.09. The summed E-state index contributed by atoms with van der Waals surface area (Å²) in [5.74, 6) is 0.0208. The van der Waals surface area contributed by atoms with E-state index in [1.54, 1.807) is 19.1 Å². The second kappa shape index (κ2) is 4.04. The van der Waals surface area contributed by atoms with Gasteiger partial charge in [0, 0.05) is 0 Å². The zero-order valence-corrected chi connectivity index (χ0v) is 7.75. The first kappa shape index (κ1) is 9.73. The molecule has 5 nitrogen and oxygen atoms in total. The summed E-state index contributed by atoms with van der Waals surface area (Å²) < 4.78 is 0. The lowest BCUT2D eigenvalue weighted by atomic mass is 10.3. The number of carbonyl (C=O) groups excluding carboxylic acids is 1. The van der Waals surface area contributed by atoms with E-state index in [9.17, 15) is 4.79 Å². The van der Waals surface area contributed by atoms with Gasteiger partial charge in [0.1, 0.15) is 11.9 Å². The largest absolute Gasteiger partial charge is 0.368 e. The van der Waals surface area contributed by atoms with Crippen molar-refractivity contribution in [3.63, 3.8) is 0 Å². The molecule has 0 aliphatic heterocycles. The Labute approximate surface area is 80.3 Å². The Kier molecular flexibility index (Phi) is 3.02. The van der Waals surface area contributed by atoms with E-state index in [1.165, 1.54) is 0 Å². The van der Waals surface area contributed by atoms with Crippen LogP contribution in [-0.4, -0.2) is 22.1 Å². The molecule has 70 valence electrons. The minimum absolute atomic E-state index is 0.303. The number of primary amides is 1. The van der Waals surface area contributed by atoms with Crippen molar-refractivity contribution < 1.29 is 4.79 Å². The molecule has 3 N–H and O–H groups in total. The minimum atomic E-state index is -0.476. The molecule has 0 saturated heterocycles. The third-order valence-electron chi connectivity index (χ3n) is 1.42. The fourth-order valence-electron chi connectivity index (χ4n) is 0.686. The molecule has 1 heterocycles. The molecule has 13 heavy (non-hydrogen) atoms. The number of hydrogen-bond acceptors (Lipinski definition) is 4. The van der Waals surface area contributed by atoms with Gasteiger partial charge in [0.25, 0.3) is 0 Å². The maximum Gasteiger partial charge on any atom is 0.239 e. The number of nitrogens with zero attached hydrogens (tertiary/aromatic N) is 2. The SMILES string of the molecule is CC(Nc1ccc(Cl)nn1)C(N)=O. The summed E-state index contributed by atoms with van der Waals surface area (Å²) in [4.78, 5) is 10.7. The van der Waals surface area contributed by atoms with E-state index in [-0.39, 0.29) is 0 Å². The summed E-state index contributed by atoms with van der Waals surface area (Å²) >= 11 is 5.52. The monoisotopic (exact) mass is 200 g/mol. The van der Waals surface area contributed by atoms with Crippen molar-refractivity contribution >= 4 is 23.3 Å². The number of nitrogens with two attached hydrogens (primary N) is 1. The van der Waals surface area contributed by atoms with E-state index in [2.05, 4.69) is 15.5 Å². The molecule has 1 amide bonds. The van der Waals surface area contributed by atoms with Crippen molar-refractivity contribution in [2.45, 2.75) is 13.0 Å². The summed E-state index contributed by atoms with van der Waals surface area (Å²) in [6, 6.07) is 2.72. The molecule has 0 saturated carbocycles. The van der Waals surface area contributed by atoms with Crippen molar-refractivity contribution in [2.24, 2.45) is 5.73 Å². The van der Waals surface area contributed by atoms with Gasteiger partial charge < -0.3 is 11.1 Å². The Morgan fingerprint density at radius 2 is 2.31 bits per heavy atom. The van der Waals surface area contributed by atoms with E-state index in [4.69, 9.17) is 17.3 Å². The van der Waals surface area contributed by atoms with E-state index < -0.39 is 11.9 Å². The highest BCUT2D eigenvalue weighted by Crippen LogP contribution is 2.06. The van der Waals surface area contributed by atoms with Crippen LogP contribution in [0, 0.1) is 0 Å². The highest BCUT2D eigenvalue weighted by molar-refractivity contribution is 6.29. The van der Waals surface area contributed by atoms with Gasteiger partial charge in [-0.2, -0.15) is 0 Å².